The first-order chi connectivity index (χ1) is 14.4. The summed E-state index contributed by atoms with van der Waals surface area (Å²) in [6, 6.07) is 12.4. The molecule has 0 aromatic heterocycles. The minimum Gasteiger partial charge on any atom is -0.490 e. The Kier molecular flexibility index (Phi) is 4.54. The molecule has 2 heterocycles. The van der Waals surface area contributed by atoms with Crippen LogP contribution in [0.15, 0.2) is 47.5 Å². The molecule has 1 saturated carbocycles. The summed E-state index contributed by atoms with van der Waals surface area (Å²) >= 11 is 0. The second-order valence-corrected chi connectivity index (χ2v) is 8.01. The molecule has 0 radical (unpaired) electrons. The van der Waals surface area contributed by atoms with Crippen molar-refractivity contribution in [2.75, 3.05) is 6.61 Å². The fraction of sp³-hybridized carbons (Fsp3) is 0.409. The lowest BCUT2D eigenvalue weighted by molar-refractivity contribution is -0.0498. The standard InChI is InChI=1S/C22H22F2N2O4/c23-20(24)29-15-3-1-2-12(8-15)13-4-6-18-16(9-13)22(11-28-21(25)26-22)17-10-14(27)5-7-19(17)30-18/h1-4,6,8-9,14,17,19-20,27H,5,7,10-11H2,(H2,25,26)/t14-,17-,19?,22?/m0/s1. The zero-order valence-corrected chi connectivity index (χ0v) is 16.1. The van der Waals surface area contributed by atoms with Crippen LogP contribution >= 0.6 is 0 Å². The van der Waals surface area contributed by atoms with E-state index in [1.54, 1.807) is 12.1 Å². The van der Waals surface area contributed by atoms with Gasteiger partial charge in [0, 0.05) is 11.5 Å². The van der Waals surface area contributed by atoms with Crippen LogP contribution in [0.4, 0.5) is 8.78 Å². The van der Waals surface area contributed by atoms with Crippen molar-refractivity contribution in [2.24, 2.45) is 16.6 Å². The van der Waals surface area contributed by atoms with Gasteiger partial charge in [0.1, 0.15) is 29.7 Å². The van der Waals surface area contributed by atoms with Gasteiger partial charge in [-0.2, -0.15) is 8.78 Å². The second kappa shape index (κ2) is 7.12. The van der Waals surface area contributed by atoms with Gasteiger partial charge in [-0.1, -0.05) is 18.2 Å². The van der Waals surface area contributed by atoms with E-state index in [1.807, 2.05) is 24.3 Å². The van der Waals surface area contributed by atoms with Crippen molar-refractivity contribution in [2.45, 2.75) is 43.6 Å². The van der Waals surface area contributed by atoms with Crippen LogP contribution < -0.4 is 15.2 Å². The van der Waals surface area contributed by atoms with Crippen LogP contribution in [0.25, 0.3) is 11.1 Å². The normalized spacial score (nSPS) is 29.6. The molecule has 2 aliphatic heterocycles. The van der Waals surface area contributed by atoms with Gasteiger partial charge in [0.15, 0.2) is 0 Å². The molecule has 0 saturated heterocycles. The summed E-state index contributed by atoms with van der Waals surface area (Å²) < 4.78 is 41.6. The predicted molar refractivity (Wildman–Crippen MR) is 106 cm³/mol. The minimum atomic E-state index is -2.89. The van der Waals surface area contributed by atoms with E-state index in [2.05, 4.69) is 9.73 Å². The van der Waals surface area contributed by atoms with E-state index in [0.29, 0.717) is 18.6 Å². The van der Waals surface area contributed by atoms with Crippen LogP contribution in [0.2, 0.25) is 0 Å². The first kappa shape index (κ1) is 19.1. The molecule has 3 aliphatic rings. The molecule has 1 fully saturated rings. The van der Waals surface area contributed by atoms with Gasteiger partial charge in [0.25, 0.3) is 6.02 Å². The number of hydrogen-bond acceptors (Lipinski definition) is 6. The fourth-order valence-corrected chi connectivity index (χ4v) is 4.90. The molecule has 0 bridgehead atoms. The Bertz CT molecular complexity index is 999. The number of nitrogens with zero attached hydrogens (tertiary/aromatic N) is 1. The third kappa shape index (κ3) is 3.15. The molecule has 4 atom stereocenters. The molecule has 158 valence electrons. The summed E-state index contributed by atoms with van der Waals surface area (Å²) in [5.41, 5.74) is 7.54. The van der Waals surface area contributed by atoms with Gasteiger partial charge in [-0.15, -0.1) is 0 Å². The van der Waals surface area contributed by atoms with Crippen LogP contribution in [-0.4, -0.2) is 36.6 Å². The fourth-order valence-electron chi connectivity index (χ4n) is 4.90. The van der Waals surface area contributed by atoms with Crippen LogP contribution in [0, 0.1) is 5.92 Å². The van der Waals surface area contributed by atoms with E-state index < -0.39 is 18.3 Å². The number of hydrogen-bond donors (Lipinski definition) is 2. The maximum Gasteiger partial charge on any atom is 0.387 e. The molecule has 1 aliphatic carbocycles. The number of ether oxygens (including phenoxy) is 3. The van der Waals surface area contributed by atoms with E-state index in [1.165, 1.54) is 6.07 Å². The molecule has 8 heteroatoms. The van der Waals surface area contributed by atoms with Crippen molar-refractivity contribution in [1.82, 2.24) is 0 Å². The molecular formula is C22H22F2N2O4. The Balaban J connectivity index is 1.59. The number of benzene rings is 2. The monoisotopic (exact) mass is 416 g/mol. The zero-order valence-electron chi connectivity index (χ0n) is 16.1. The minimum absolute atomic E-state index is 0.0708. The Morgan fingerprint density at radius 3 is 2.77 bits per heavy atom. The number of amidine groups is 1. The van der Waals surface area contributed by atoms with Gasteiger partial charge in [0.2, 0.25) is 0 Å². The number of halogens is 2. The lowest BCUT2D eigenvalue weighted by atomic mass is 9.67. The van der Waals surface area contributed by atoms with Gasteiger partial charge in [0.05, 0.1) is 6.10 Å². The lowest BCUT2D eigenvalue weighted by Crippen LogP contribution is -2.51. The van der Waals surface area contributed by atoms with Crippen molar-refractivity contribution in [3.05, 3.63) is 48.0 Å². The van der Waals surface area contributed by atoms with E-state index in [9.17, 15) is 13.9 Å². The van der Waals surface area contributed by atoms with Crippen molar-refractivity contribution in [3.8, 4) is 22.6 Å². The summed E-state index contributed by atoms with van der Waals surface area (Å²) in [5.74, 6) is 0.727. The Morgan fingerprint density at radius 2 is 2.00 bits per heavy atom. The van der Waals surface area contributed by atoms with Gasteiger partial charge >= 0.3 is 6.61 Å². The van der Waals surface area contributed by atoms with Crippen LogP contribution in [0.3, 0.4) is 0 Å². The number of aliphatic imine (C=N–C) groups is 1. The summed E-state index contributed by atoms with van der Waals surface area (Å²) in [7, 11) is 0. The Hall–Kier alpha value is -2.87. The van der Waals surface area contributed by atoms with E-state index >= 15 is 0 Å². The number of fused-ring (bicyclic) bond motifs is 4. The third-order valence-corrected chi connectivity index (χ3v) is 6.24. The van der Waals surface area contributed by atoms with Crippen molar-refractivity contribution >= 4 is 6.02 Å². The molecule has 0 amide bonds. The van der Waals surface area contributed by atoms with Gasteiger partial charge in [-0.3, -0.25) is 0 Å². The molecule has 5 rings (SSSR count). The molecule has 2 aromatic carbocycles. The molecule has 3 N–H and O–H groups in total. The van der Waals surface area contributed by atoms with Crippen molar-refractivity contribution in [3.63, 3.8) is 0 Å². The number of alkyl halides is 2. The van der Waals surface area contributed by atoms with Crippen LogP contribution in [0.1, 0.15) is 24.8 Å². The summed E-state index contributed by atoms with van der Waals surface area (Å²) in [4.78, 5) is 4.69. The van der Waals surface area contributed by atoms with Gasteiger partial charge < -0.3 is 25.1 Å². The second-order valence-electron chi connectivity index (χ2n) is 8.01. The highest BCUT2D eigenvalue weighted by atomic mass is 19.3. The molecule has 30 heavy (non-hydrogen) atoms. The molecule has 2 unspecified atom stereocenters. The van der Waals surface area contributed by atoms with E-state index in [0.717, 1.165) is 23.1 Å². The third-order valence-electron chi connectivity index (χ3n) is 6.24. The average molecular weight is 416 g/mol. The SMILES string of the molecule is NC1=NC2(CO1)c1cc(-c3cccc(OC(F)F)c3)ccc1OC1CC[C@H](O)C[C@@H]12. The largest absolute Gasteiger partial charge is 0.490 e. The zero-order chi connectivity index (χ0) is 20.9. The maximum absolute atomic E-state index is 12.6. The summed E-state index contributed by atoms with van der Waals surface area (Å²) in [6.45, 7) is -2.61. The van der Waals surface area contributed by atoms with Crippen molar-refractivity contribution < 1.29 is 28.1 Å². The highest BCUT2D eigenvalue weighted by Crippen LogP contribution is 2.53. The van der Waals surface area contributed by atoms with Gasteiger partial charge in [-0.25, -0.2) is 4.99 Å². The smallest absolute Gasteiger partial charge is 0.387 e. The Labute approximate surface area is 172 Å². The molecule has 6 nitrogen and oxygen atoms in total. The highest BCUT2D eigenvalue weighted by Gasteiger charge is 2.55. The lowest BCUT2D eigenvalue weighted by Gasteiger charge is -2.47. The van der Waals surface area contributed by atoms with E-state index in [-0.39, 0.29) is 30.4 Å². The van der Waals surface area contributed by atoms with Crippen LogP contribution in [0.5, 0.6) is 11.5 Å². The highest BCUT2D eigenvalue weighted by molar-refractivity contribution is 5.75. The van der Waals surface area contributed by atoms with Crippen molar-refractivity contribution in [1.29, 1.82) is 0 Å². The first-order valence-electron chi connectivity index (χ1n) is 9.97. The first-order valence-corrected chi connectivity index (χ1v) is 9.97. The maximum atomic E-state index is 12.6. The topological polar surface area (TPSA) is 86.3 Å². The average Bonchev–Trinajstić information content (AvgIpc) is 3.11. The van der Waals surface area contributed by atoms with E-state index in [4.69, 9.17) is 15.2 Å². The predicted octanol–water partition coefficient (Wildman–Crippen LogP) is 3.42. The Morgan fingerprint density at radius 1 is 1.17 bits per heavy atom. The quantitative estimate of drug-likeness (QED) is 0.801. The number of aliphatic hydroxyl groups is 1. The number of nitrogens with two attached hydrogens (primary N) is 1. The molecular weight excluding hydrogens is 394 g/mol. The summed E-state index contributed by atoms with van der Waals surface area (Å²) in [5, 5.41) is 10.3. The number of aliphatic hydroxyl groups excluding tert-OH is 1. The summed E-state index contributed by atoms with van der Waals surface area (Å²) in [6.07, 6.45) is 1.47. The van der Waals surface area contributed by atoms with Gasteiger partial charge in [-0.05, 0) is 54.7 Å². The number of rotatable bonds is 3. The van der Waals surface area contributed by atoms with Crippen LogP contribution in [-0.2, 0) is 10.3 Å². The molecule has 1 spiro atoms. The molecule has 2 aromatic rings.